The van der Waals surface area contributed by atoms with E-state index in [0.717, 1.165) is 64.7 Å². The van der Waals surface area contributed by atoms with Crippen LogP contribution in [0.1, 0.15) is 70.6 Å². The van der Waals surface area contributed by atoms with Gasteiger partial charge in [-0.25, -0.2) is 4.98 Å². The van der Waals surface area contributed by atoms with Crippen LogP contribution < -0.4 is 0 Å². The second-order valence-electron chi connectivity index (χ2n) is 10.7. The summed E-state index contributed by atoms with van der Waals surface area (Å²) in [6.45, 7) is 1.61. The molecule has 0 radical (unpaired) electrons. The zero-order valence-corrected chi connectivity index (χ0v) is 24.0. The molecule has 0 spiro atoms. The van der Waals surface area contributed by atoms with Gasteiger partial charge < -0.3 is 5.11 Å². The number of hydrogen-bond acceptors (Lipinski definition) is 4. The van der Waals surface area contributed by atoms with Crippen molar-refractivity contribution in [1.82, 2.24) is 4.98 Å². The van der Waals surface area contributed by atoms with Gasteiger partial charge in [-0.2, -0.15) is 11.8 Å². The maximum Gasteiger partial charge on any atom is 0.303 e. The van der Waals surface area contributed by atoms with Gasteiger partial charge in [-0.1, -0.05) is 78.3 Å². The molecule has 1 heterocycles. The molecule has 1 aliphatic carbocycles. The van der Waals surface area contributed by atoms with Crippen molar-refractivity contribution in [1.29, 1.82) is 0 Å². The van der Waals surface area contributed by atoms with Crippen LogP contribution in [0.2, 0.25) is 5.02 Å². The van der Waals surface area contributed by atoms with Gasteiger partial charge in [0.15, 0.2) is 5.78 Å². The molecule has 40 heavy (non-hydrogen) atoms. The van der Waals surface area contributed by atoms with Gasteiger partial charge in [-0.15, -0.1) is 0 Å². The highest BCUT2D eigenvalue weighted by atomic mass is 35.5. The molecule has 4 nitrogen and oxygen atoms in total. The van der Waals surface area contributed by atoms with Crippen molar-refractivity contribution < 1.29 is 14.7 Å². The van der Waals surface area contributed by atoms with Gasteiger partial charge in [0.05, 0.1) is 17.6 Å². The van der Waals surface area contributed by atoms with E-state index in [1.165, 1.54) is 5.56 Å². The van der Waals surface area contributed by atoms with Crippen LogP contribution in [0.15, 0.2) is 78.9 Å². The van der Waals surface area contributed by atoms with Crippen molar-refractivity contribution in [3.8, 4) is 0 Å². The van der Waals surface area contributed by atoms with Crippen LogP contribution in [-0.4, -0.2) is 27.6 Å². The Kier molecular flexibility index (Phi) is 8.72. The summed E-state index contributed by atoms with van der Waals surface area (Å²) in [5.74, 6) is 0.179. The third-order valence-electron chi connectivity index (χ3n) is 7.55. The lowest BCUT2D eigenvalue weighted by Crippen LogP contribution is -2.12. The first-order valence-corrected chi connectivity index (χ1v) is 15.0. The predicted octanol–water partition coefficient (Wildman–Crippen LogP) is 8.92. The molecule has 6 heteroatoms. The summed E-state index contributed by atoms with van der Waals surface area (Å²) in [4.78, 5) is 28.4. The van der Waals surface area contributed by atoms with Crippen molar-refractivity contribution in [2.45, 2.75) is 44.3 Å². The number of Topliss-reactive ketones (excluding diaryl/α,β-unsaturated/α-hetero) is 1. The molecular formula is C34H32ClNO3S. The number of carbonyl (C=O) groups excluding carboxylic acids is 1. The smallest absolute Gasteiger partial charge is 0.303 e. The zero-order valence-electron chi connectivity index (χ0n) is 22.5. The molecule has 1 atom stereocenters. The summed E-state index contributed by atoms with van der Waals surface area (Å²) in [6.07, 6.45) is 7.89. The molecule has 0 bridgehead atoms. The second kappa shape index (κ2) is 12.4. The van der Waals surface area contributed by atoms with Crippen LogP contribution in [0.3, 0.4) is 0 Å². The predicted molar refractivity (Wildman–Crippen MR) is 166 cm³/mol. The molecular weight excluding hydrogens is 538 g/mol. The number of fused-ring (bicyclic) bond motifs is 1. The Bertz CT molecular complexity index is 1580. The third kappa shape index (κ3) is 7.21. The summed E-state index contributed by atoms with van der Waals surface area (Å²) in [7, 11) is 0. The minimum Gasteiger partial charge on any atom is -0.481 e. The molecule has 1 aliphatic rings. The summed E-state index contributed by atoms with van der Waals surface area (Å²) in [5.41, 5.74) is 5.75. The number of carboxylic acid groups (broad SMARTS) is 1. The molecule has 1 unspecified atom stereocenters. The van der Waals surface area contributed by atoms with Crippen LogP contribution in [0.25, 0.3) is 23.1 Å². The maximum atomic E-state index is 12.2. The van der Waals surface area contributed by atoms with E-state index in [1.54, 1.807) is 6.92 Å². The van der Waals surface area contributed by atoms with Gasteiger partial charge in [0.2, 0.25) is 0 Å². The highest BCUT2D eigenvalue weighted by molar-refractivity contribution is 7.99. The number of hydrogen-bond donors (Lipinski definition) is 1. The number of carbonyl (C=O) groups is 2. The average molecular weight is 570 g/mol. The molecule has 1 saturated carbocycles. The Hall–Kier alpha value is -3.41. The molecule has 1 N–H and O–H groups in total. The molecule has 3 aromatic carbocycles. The number of ketones is 1. The highest BCUT2D eigenvalue weighted by Gasteiger charge is 2.44. The van der Waals surface area contributed by atoms with E-state index in [1.807, 2.05) is 72.4 Å². The monoisotopic (exact) mass is 569 g/mol. The number of aromatic nitrogens is 1. The first kappa shape index (κ1) is 28.1. The average Bonchev–Trinajstić information content (AvgIpc) is 3.70. The largest absolute Gasteiger partial charge is 0.481 e. The molecule has 204 valence electrons. The minimum atomic E-state index is -0.721. The number of rotatable bonds is 12. The van der Waals surface area contributed by atoms with Crippen LogP contribution in [0.4, 0.5) is 0 Å². The Morgan fingerprint density at radius 1 is 1.02 bits per heavy atom. The van der Waals surface area contributed by atoms with Gasteiger partial charge in [0.1, 0.15) is 0 Å². The molecule has 1 fully saturated rings. The second-order valence-corrected chi connectivity index (χ2v) is 12.3. The molecule has 0 saturated heterocycles. The summed E-state index contributed by atoms with van der Waals surface area (Å²) < 4.78 is 0. The minimum absolute atomic E-state index is 0.0786. The van der Waals surface area contributed by atoms with Crippen molar-refractivity contribution in [2.24, 2.45) is 5.41 Å². The molecule has 1 aromatic heterocycles. The van der Waals surface area contributed by atoms with Crippen molar-refractivity contribution in [3.63, 3.8) is 0 Å². The van der Waals surface area contributed by atoms with Crippen LogP contribution >= 0.6 is 23.4 Å². The summed E-state index contributed by atoms with van der Waals surface area (Å²) >= 11 is 8.00. The van der Waals surface area contributed by atoms with Crippen molar-refractivity contribution in [2.75, 3.05) is 5.75 Å². The van der Waals surface area contributed by atoms with Crippen molar-refractivity contribution >= 4 is 58.2 Å². The van der Waals surface area contributed by atoms with E-state index in [0.29, 0.717) is 5.02 Å². The lowest BCUT2D eigenvalue weighted by atomic mass is 9.97. The Morgan fingerprint density at radius 3 is 2.60 bits per heavy atom. The van der Waals surface area contributed by atoms with Gasteiger partial charge in [0, 0.05) is 27.0 Å². The lowest BCUT2D eigenvalue weighted by molar-refractivity contribution is -0.138. The number of halogens is 1. The number of pyridine rings is 1. The van der Waals surface area contributed by atoms with Crippen LogP contribution in [0, 0.1) is 5.41 Å². The summed E-state index contributed by atoms with van der Waals surface area (Å²) in [6, 6.07) is 26.1. The lowest BCUT2D eigenvalue weighted by Gasteiger charge is -2.21. The Morgan fingerprint density at radius 2 is 1.82 bits per heavy atom. The quantitative estimate of drug-likeness (QED) is 0.172. The normalized spacial score (nSPS) is 14.8. The standard InChI is InChI=1S/C34H32ClNO3S/c1-23(37)30-8-3-2-6-25(30)12-16-32(40-22-34(17-18-34)21-33(38)39)27-7-4-5-24(19-27)9-14-29-15-11-26-10-13-28(35)20-31(26)36-29/h2-11,13-15,19-20,32H,12,16-18,21-22H2,1H3,(H,38,39)/b14-9+. The van der Waals surface area contributed by atoms with E-state index >= 15 is 0 Å². The van der Waals surface area contributed by atoms with Crippen molar-refractivity contribution in [3.05, 3.63) is 112 Å². The number of aryl methyl sites for hydroxylation is 1. The number of carboxylic acids is 1. The molecule has 0 amide bonds. The Balaban J connectivity index is 1.36. The fourth-order valence-electron chi connectivity index (χ4n) is 5.11. The molecule has 5 rings (SSSR count). The maximum absolute atomic E-state index is 12.2. The zero-order chi connectivity index (χ0) is 28.1. The third-order valence-corrected chi connectivity index (χ3v) is 9.48. The van der Waals surface area contributed by atoms with Crippen LogP contribution in [-0.2, 0) is 11.2 Å². The highest BCUT2D eigenvalue weighted by Crippen LogP contribution is 2.53. The number of benzene rings is 3. The van der Waals surface area contributed by atoms with E-state index in [4.69, 9.17) is 16.6 Å². The number of nitrogens with zero attached hydrogens (tertiary/aromatic N) is 1. The van der Waals surface area contributed by atoms with Crippen LogP contribution in [0.5, 0.6) is 0 Å². The van der Waals surface area contributed by atoms with Gasteiger partial charge in [-0.3, -0.25) is 9.59 Å². The van der Waals surface area contributed by atoms with E-state index in [9.17, 15) is 14.7 Å². The van der Waals surface area contributed by atoms with Gasteiger partial charge >= 0.3 is 5.97 Å². The topological polar surface area (TPSA) is 67.3 Å². The number of aliphatic carboxylic acids is 1. The summed E-state index contributed by atoms with van der Waals surface area (Å²) in [5, 5.41) is 11.3. The van der Waals surface area contributed by atoms with Gasteiger partial charge in [0.25, 0.3) is 0 Å². The van der Waals surface area contributed by atoms with E-state index in [-0.39, 0.29) is 22.9 Å². The fraction of sp³-hybridized carbons (Fsp3) is 0.265. The number of thioether (sulfide) groups is 1. The van der Waals surface area contributed by atoms with E-state index in [2.05, 4.69) is 30.3 Å². The first-order valence-electron chi connectivity index (χ1n) is 13.6. The molecule has 0 aliphatic heterocycles. The fourth-order valence-corrected chi connectivity index (χ4v) is 6.84. The Labute approximate surface area is 244 Å². The SMILES string of the molecule is CC(=O)c1ccccc1CCC(SCC1(CC(=O)O)CC1)c1cccc(/C=C/c2ccc3ccc(Cl)cc3n2)c1. The first-order chi connectivity index (χ1) is 19.3. The van der Waals surface area contributed by atoms with E-state index < -0.39 is 5.97 Å². The van der Waals surface area contributed by atoms with Gasteiger partial charge in [-0.05, 0) is 79.0 Å². The molecule has 4 aromatic rings.